The molecule has 0 spiro atoms. The first-order valence-corrected chi connectivity index (χ1v) is 6.97. The fourth-order valence-corrected chi connectivity index (χ4v) is 3.12. The predicted octanol–water partition coefficient (Wildman–Crippen LogP) is 2.74. The molecule has 1 nitrogen and oxygen atoms in total. The molecule has 0 aromatic heterocycles. The van der Waals surface area contributed by atoms with E-state index in [0.29, 0.717) is 6.04 Å². The molecule has 3 atom stereocenters. The third-order valence-electron chi connectivity index (χ3n) is 3.30. The van der Waals surface area contributed by atoms with Crippen LogP contribution in [0.2, 0.25) is 0 Å². The van der Waals surface area contributed by atoms with Gasteiger partial charge in [-0.1, -0.05) is 30.3 Å². The molecule has 1 aliphatic rings. The summed E-state index contributed by atoms with van der Waals surface area (Å²) in [4.78, 5) is 0. The van der Waals surface area contributed by atoms with Crippen molar-refractivity contribution in [1.29, 1.82) is 0 Å². The Labute approximate surface area is 96.7 Å². The number of hydrogen-bond acceptors (Lipinski definition) is 2. The van der Waals surface area contributed by atoms with Gasteiger partial charge in [0.15, 0.2) is 0 Å². The summed E-state index contributed by atoms with van der Waals surface area (Å²) in [7, 11) is 2.08. The fraction of sp³-hybridized carbons (Fsp3) is 0.538. The normalized spacial score (nSPS) is 26.3. The summed E-state index contributed by atoms with van der Waals surface area (Å²) >= 11 is 1.94. The van der Waals surface area contributed by atoms with Gasteiger partial charge in [-0.05, 0) is 37.1 Å². The molecule has 0 heterocycles. The Morgan fingerprint density at radius 2 is 2.13 bits per heavy atom. The van der Waals surface area contributed by atoms with Crippen molar-refractivity contribution >= 4 is 11.8 Å². The maximum absolute atomic E-state index is 3.44. The highest BCUT2D eigenvalue weighted by molar-refractivity contribution is 7.98. The first-order valence-electron chi connectivity index (χ1n) is 5.58. The minimum atomic E-state index is 0.685. The van der Waals surface area contributed by atoms with Crippen LogP contribution in [-0.2, 0) is 0 Å². The van der Waals surface area contributed by atoms with E-state index >= 15 is 0 Å². The van der Waals surface area contributed by atoms with Crippen LogP contribution in [0.5, 0.6) is 0 Å². The Bertz CT molecular complexity index is 299. The van der Waals surface area contributed by atoms with E-state index in [-0.39, 0.29) is 0 Å². The van der Waals surface area contributed by atoms with Crippen LogP contribution in [0, 0.1) is 5.92 Å². The van der Waals surface area contributed by atoms with E-state index < -0.39 is 0 Å². The molecule has 0 radical (unpaired) electrons. The third-order valence-corrected chi connectivity index (χ3v) is 3.99. The molecule has 0 bridgehead atoms. The molecule has 1 aromatic rings. The molecular formula is C13H19NS. The van der Waals surface area contributed by atoms with Crippen molar-refractivity contribution in [1.82, 2.24) is 5.32 Å². The van der Waals surface area contributed by atoms with Gasteiger partial charge in [0.25, 0.3) is 0 Å². The van der Waals surface area contributed by atoms with Crippen molar-refractivity contribution in [3.05, 3.63) is 35.9 Å². The summed E-state index contributed by atoms with van der Waals surface area (Å²) in [6.45, 7) is 0. The van der Waals surface area contributed by atoms with Gasteiger partial charge in [0.1, 0.15) is 0 Å². The Morgan fingerprint density at radius 3 is 2.73 bits per heavy atom. The van der Waals surface area contributed by atoms with E-state index in [0.717, 1.165) is 11.8 Å². The zero-order chi connectivity index (χ0) is 10.7. The van der Waals surface area contributed by atoms with Gasteiger partial charge in [0.2, 0.25) is 0 Å². The van der Waals surface area contributed by atoms with Gasteiger partial charge in [0.05, 0.1) is 0 Å². The van der Waals surface area contributed by atoms with Crippen molar-refractivity contribution in [2.45, 2.75) is 18.4 Å². The second-order valence-corrected chi connectivity index (χ2v) is 5.18. The maximum atomic E-state index is 3.44. The molecule has 2 rings (SSSR count). The number of benzene rings is 1. The van der Waals surface area contributed by atoms with E-state index in [2.05, 4.69) is 49.0 Å². The second kappa shape index (κ2) is 5.04. The van der Waals surface area contributed by atoms with E-state index in [1.807, 2.05) is 11.8 Å². The Balaban J connectivity index is 1.95. The molecule has 1 N–H and O–H groups in total. The summed E-state index contributed by atoms with van der Waals surface area (Å²) < 4.78 is 0. The molecule has 0 saturated heterocycles. The van der Waals surface area contributed by atoms with Crippen LogP contribution in [0.1, 0.15) is 17.9 Å². The number of rotatable bonds is 5. The van der Waals surface area contributed by atoms with Crippen LogP contribution >= 0.6 is 11.8 Å². The van der Waals surface area contributed by atoms with Gasteiger partial charge in [-0.25, -0.2) is 0 Å². The highest BCUT2D eigenvalue weighted by Crippen LogP contribution is 2.49. The quantitative estimate of drug-likeness (QED) is 0.820. The Kier molecular flexibility index (Phi) is 3.71. The van der Waals surface area contributed by atoms with Gasteiger partial charge in [0, 0.05) is 11.8 Å². The largest absolute Gasteiger partial charge is 0.316 e. The average molecular weight is 221 g/mol. The van der Waals surface area contributed by atoms with E-state index in [1.54, 1.807) is 0 Å². The van der Waals surface area contributed by atoms with E-state index in [1.165, 1.54) is 17.7 Å². The fourth-order valence-electron chi connectivity index (χ4n) is 2.34. The van der Waals surface area contributed by atoms with E-state index in [4.69, 9.17) is 0 Å². The van der Waals surface area contributed by atoms with Gasteiger partial charge in [-0.2, -0.15) is 11.8 Å². The first-order chi connectivity index (χ1) is 7.36. The highest BCUT2D eigenvalue weighted by atomic mass is 32.2. The lowest BCUT2D eigenvalue weighted by Crippen LogP contribution is -2.30. The molecule has 1 aliphatic carbocycles. The minimum Gasteiger partial charge on any atom is -0.316 e. The number of thioether (sulfide) groups is 1. The van der Waals surface area contributed by atoms with Crippen LogP contribution in [0.15, 0.2) is 30.3 Å². The summed E-state index contributed by atoms with van der Waals surface area (Å²) in [5.41, 5.74) is 1.52. The molecule has 3 unspecified atom stereocenters. The third kappa shape index (κ3) is 2.56. The smallest absolute Gasteiger partial charge is 0.0189 e. The molecule has 1 saturated carbocycles. The van der Waals surface area contributed by atoms with Gasteiger partial charge >= 0.3 is 0 Å². The SMILES string of the molecule is CNC(CSC)C1CC1c1ccccc1. The molecule has 1 aromatic carbocycles. The highest BCUT2D eigenvalue weighted by Gasteiger charge is 2.42. The van der Waals surface area contributed by atoms with Crippen molar-refractivity contribution in [3.63, 3.8) is 0 Å². The molecular weight excluding hydrogens is 202 g/mol. The van der Waals surface area contributed by atoms with Crippen LogP contribution in [0.4, 0.5) is 0 Å². The van der Waals surface area contributed by atoms with Crippen LogP contribution in [-0.4, -0.2) is 25.1 Å². The molecule has 0 amide bonds. The van der Waals surface area contributed by atoms with Crippen LogP contribution in [0.25, 0.3) is 0 Å². The van der Waals surface area contributed by atoms with Gasteiger partial charge in [-0.15, -0.1) is 0 Å². The Hall–Kier alpha value is -0.470. The van der Waals surface area contributed by atoms with Crippen LogP contribution < -0.4 is 5.32 Å². The maximum Gasteiger partial charge on any atom is 0.0189 e. The minimum absolute atomic E-state index is 0.685. The molecule has 82 valence electrons. The molecule has 1 fully saturated rings. The zero-order valence-electron chi connectivity index (χ0n) is 9.44. The summed E-state index contributed by atoms with van der Waals surface area (Å²) in [5, 5.41) is 3.44. The predicted molar refractivity (Wildman–Crippen MR) is 68.5 cm³/mol. The number of hydrogen-bond donors (Lipinski definition) is 1. The summed E-state index contributed by atoms with van der Waals surface area (Å²) in [6, 6.07) is 11.6. The van der Waals surface area contributed by atoms with Gasteiger partial charge < -0.3 is 5.32 Å². The lowest BCUT2D eigenvalue weighted by Gasteiger charge is -2.14. The first kappa shape index (κ1) is 11.0. The standard InChI is InChI=1S/C13H19NS/c1-14-13(9-15-2)12-8-11(12)10-6-4-3-5-7-10/h3-7,11-14H,8-9H2,1-2H3. The van der Waals surface area contributed by atoms with Gasteiger partial charge in [-0.3, -0.25) is 0 Å². The monoisotopic (exact) mass is 221 g/mol. The summed E-state index contributed by atoms with van der Waals surface area (Å²) in [5.74, 6) is 2.88. The second-order valence-electron chi connectivity index (χ2n) is 4.27. The van der Waals surface area contributed by atoms with Crippen molar-refractivity contribution in [2.24, 2.45) is 5.92 Å². The lowest BCUT2D eigenvalue weighted by molar-refractivity contribution is 0.542. The molecule has 15 heavy (non-hydrogen) atoms. The van der Waals surface area contributed by atoms with Crippen molar-refractivity contribution in [3.8, 4) is 0 Å². The van der Waals surface area contributed by atoms with Crippen LogP contribution in [0.3, 0.4) is 0 Å². The lowest BCUT2D eigenvalue weighted by atomic mass is 10.1. The van der Waals surface area contributed by atoms with E-state index in [9.17, 15) is 0 Å². The Morgan fingerprint density at radius 1 is 1.40 bits per heavy atom. The average Bonchev–Trinajstić information content (AvgIpc) is 3.07. The molecule has 0 aliphatic heterocycles. The zero-order valence-corrected chi connectivity index (χ0v) is 10.3. The summed E-state index contributed by atoms with van der Waals surface area (Å²) in [6.07, 6.45) is 3.54. The number of nitrogens with one attached hydrogen (secondary N) is 1. The van der Waals surface area contributed by atoms with Crippen molar-refractivity contribution in [2.75, 3.05) is 19.1 Å². The topological polar surface area (TPSA) is 12.0 Å². The molecule has 2 heteroatoms. The van der Waals surface area contributed by atoms with Crippen molar-refractivity contribution < 1.29 is 0 Å².